The predicted octanol–water partition coefficient (Wildman–Crippen LogP) is 3.33. The largest absolute Gasteiger partial charge is 0.271 e. The Balaban J connectivity index is 2.41. The number of hydrogen-bond donors (Lipinski definition) is 2. The Kier molecular flexibility index (Phi) is 4.23. The van der Waals surface area contributed by atoms with Gasteiger partial charge in [0.1, 0.15) is 0 Å². The van der Waals surface area contributed by atoms with Crippen LogP contribution in [0.3, 0.4) is 0 Å². The van der Waals surface area contributed by atoms with Crippen molar-refractivity contribution < 1.29 is 0 Å². The van der Waals surface area contributed by atoms with Crippen LogP contribution in [0.15, 0.2) is 40.6 Å². The third-order valence-electron chi connectivity index (χ3n) is 2.70. The van der Waals surface area contributed by atoms with Crippen molar-refractivity contribution in [1.82, 2.24) is 5.43 Å². The summed E-state index contributed by atoms with van der Waals surface area (Å²) in [6.07, 6.45) is 2.09. The molecule has 17 heavy (non-hydrogen) atoms. The van der Waals surface area contributed by atoms with Crippen LogP contribution in [0, 0.1) is 6.92 Å². The summed E-state index contributed by atoms with van der Waals surface area (Å²) >= 11 is 3.50. The summed E-state index contributed by atoms with van der Waals surface area (Å²) in [5.74, 6) is 5.72. The predicted molar refractivity (Wildman–Crippen MR) is 76.4 cm³/mol. The Labute approximate surface area is 110 Å². The number of nitrogens with one attached hydrogen (secondary N) is 1. The number of hydrazine groups is 1. The highest BCUT2D eigenvalue weighted by atomic mass is 32.2. The molecular weight excluding hydrogens is 248 g/mol. The first kappa shape index (κ1) is 12.6. The molecule has 2 rings (SSSR count). The Bertz CT molecular complexity index is 494. The molecule has 3 N–H and O–H groups in total. The summed E-state index contributed by atoms with van der Waals surface area (Å²) in [6, 6.07) is 10.6. The lowest BCUT2D eigenvalue weighted by molar-refractivity contribution is 0.629. The van der Waals surface area contributed by atoms with E-state index in [0.717, 1.165) is 0 Å². The van der Waals surface area contributed by atoms with Crippen LogP contribution in [0.4, 0.5) is 0 Å². The van der Waals surface area contributed by atoms with Gasteiger partial charge in [-0.3, -0.25) is 5.84 Å². The molecule has 1 unspecified atom stereocenters. The molecule has 0 aliphatic rings. The number of thioether (sulfide) groups is 1. The van der Waals surface area contributed by atoms with Crippen LogP contribution in [0.2, 0.25) is 0 Å². The van der Waals surface area contributed by atoms with Crippen LogP contribution in [0.1, 0.15) is 22.0 Å². The van der Waals surface area contributed by atoms with E-state index in [0.29, 0.717) is 0 Å². The van der Waals surface area contributed by atoms with Crippen molar-refractivity contribution in [2.24, 2.45) is 5.84 Å². The van der Waals surface area contributed by atoms with Crippen LogP contribution in [0.25, 0.3) is 0 Å². The lowest BCUT2D eigenvalue weighted by Crippen LogP contribution is -2.28. The number of thiophene rings is 1. The highest BCUT2D eigenvalue weighted by molar-refractivity contribution is 7.98. The first-order valence-electron chi connectivity index (χ1n) is 5.40. The molecule has 0 aliphatic heterocycles. The van der Waals surface area contributed by atoms with Crippen LogP contribution in [-0.2, 0) is 0 Å². The second-order valence-electron chi connectivity index (χ2n) is 3.83. The van der Waals surface area contributed by atoms with Gasteiger partial charge in [0.05, 0.1) is 6.04 Å². The van der Waals surface area contributed by atoms with E-state index in [1.807, 2.05) is 0 Å². The van der Waals surface area contributed by atoms with E-state index in [1.54, 1.807) is 23.1 Å². The molecule has 1 atom stereocenters. The highest BCUT2D eigenvalue weighted by Gasteiger charge is 2.16. The monoisotopic (exact) mass is 264 g/mol. The van der Waals surface area contributed by atoms with Crippen LogP contribution >= 0.6 is 23.1 Å². The summed E-state index contributed by atoms with van der Waals surface area (Å²) < 4.78 is 0. The van der Waals surface area contributed by atoms with E-state index in [4.69, 9.17) is 5.84 Å². The van der Waals surface area contributed by atoms with Gasteiger partial charge in [0.25, 0.3) is 0 Å². The van der Waals surface area contributed by atoms with Crippen LogP contribution in [0.5, 0.6) is 0 Å². The minimum absolute atomic E-state index is 0.0728. The highest BCUT2D eigenvalue weighted by Crippen LogP contribution is 2.31. The number of benzene rings is 1. The molecule has 4 heteroatoms. The van der Waals surface area contributed by atoms with E-state index < -0.39 is 0 Å². The first-order chi connectivity index (χ1) is 8.26. The van der Waals surface area contributed by atoms with E-state index in [1.165, 1.54) is 20.9 Å². The zero-order valence-corrected chi connectivity index (χ0v) is 11.6. The van der Waals surface area contributed by atoms with Gasteiger partial charge in [-0.25, -0.2) is 5.43 Å². The summed E-state index contributed by atoms with van der Waals surface area (Å²) in [5.41, 5.74) is 5.39. The SMILES string of the molecule is CSc1ccccc1C(NN)c1csc(C)c1. The first-order valence-corrected chi connectivity index (χ1v) is 7.50. The average Bonchev–Trinajstić information content (AvgIpc) is 2.77. The zero-order chi connectivity index (χ0) is 12.3. The maximum absolute atomic E-state index is 5.72. The molecule has 0 fully saturated rings. The van der Waals surface area contributed by atoms with Crippen molar-refractivity contribution >= 4 is 23.1 Å². The molecule has 0 amide bonds. The van der Waals surface area contributed by atoms with Crippen LogP contribution < -0.4 is 11.3 Å². The Morgan fingerprint density at radius 2 is 2.12 bits per heavy atom. The fraction of sp³-hybridized carbons (Fsp3) is 0.231. The van der Waals surface area contributed by atoms with Crippen LogP contribution in [-0.4, -0.2) is 6.26 Å². The maximum atomic E-state index is 5.72. The Morgan fingerprint density at radius 1 is 1.35 bits per heavy atom. The topological polar surface area (TPSA) is 38.0 Å². The van der Waals surface area contributed by atoms with Gasteiger partial charge in [-0.2, -0.15) is 0 Å². The van der Waals surface area contributed by atoms with Gasteiger partial charge in [-0.1, -0.05) is 18.2 Å². The number of aryl methyl sites for hydroxylation is 1. The summed E-state index contributed by atoms with van der Waals surface area (Å²) in [6.45, 7) is 2.11. The normalized spacial score (nSPS) is 12.6. The third kappa shape index (κ3) is 2.72. The van der Waals surface area contributed by atoms with E-state index in [2.05, 4.69) is 54.3 Å². The van der Waals surface area contributed by atoms with Gasteiger partial charge >= 0.3 is 0 Å². The fourth-order valence-corrected chi connectivity index (χ4v) is 3.25. The molecule has 0 bridgehead atoms. The molecular formula is C13H16N2S2. The Hall–Kier alpha value is -0.810. The van der Waals surface area contributed by atoms with E-state index >= 15 is 0 Å². The van der Waals surface area contributed by atoms with Crippen molar-refractivity contribution in [2.45, 2.75) is 17.9 Å². The van der Waals surface area contributed by atoms with Gasteiger partial charge in [-0.05, 0) is 41.8 Å². The smallest absolute Gasteiger partial charge is 0.0729 e. The van der Waals surface area contributed by atoms with Crippen molar-refractivity contribution in [3.8, 4) is 0 Å². The van der Waals surface area contributed by atoms with E-state index in [-0.39, 0.29) is 6.04 Å². The second kappa shape index (κ2) is 5.69. The minimum atomic E-state index is 0.0728. The molecule has 0 saturated heterocycles. The van der Waals surface area contributed by atoms with Crippen molar-refractivity contribution in [1.29, 1.82) is 0 Å². The molecule has 0 saturated carbocycles. The number of rotatable bonds is 4. The quantitative estimate of drug-likeness (QED) is 0.505. The standard InChI is InChI=1S/C13H16N2S2/c1-9-7-10(8-17-9)13(15-14)11-5-3-4-6-12(11)16-2/h3-8,13,15H,14H2,1-2H3. The lowest BCUT2D eigenvalue weighted by atomic mass is 10.0. The third-order valence-corrected chi connectivity index (χ3v) is 4.39. The van der Waals surface area contributed by atoms with Gasteiger partial charge in [0, 0.05) is 9.77 Å². The van der Waals surface area contributed by atoms with Gasteiger partial charge < -0.3 is 0 Å². The summed E-state index contributed by atoms with van der Waals surface area (Å²) in [5, 5.41) is 2.16. The molecule has 90 valence electrons. The van der Waals surface area contributed by atoms with Gasteiger partial charge in [-0.15, -0.1) is 23.1 Å². The van der Waals surface area contributed by atoms with Crippen molar-refractivity contribution in [2.75, 3.05) is 6.26 Å². The molecule has 2 nitrogen and oxygen atoms in total. The molecule has 1 aromatic heterocycles. The molecule has 0 spiro atoms. The summed E-state index contributed by atoms with van der Waals surface area (Å²) in [7, 11) is 0. The fourth-order valence-electron chi connectivity index (χ4n) is 1.89. The Morgan fingerprint density at radius 3 is 2.71 bits per heavy atom. The molecule has 1 heterocycles. The van der Waals surface area contributed by atoms with Gasteiger partial charge in [0.15, 0.2) is 0 Å². The summed E-state index contributed by atoms with van der Waals surface area (Å²) in [4.78, 5) is 2.57. The van der Waals surface area contributed by atoms with E-state index in [9.17, 15) is 0 Å². The second-order valence-corrected chi connectivity index (χ2v) is 5.80. The van der Waals surface area contributed by atoms with Crippen molar-refractivity contribution in [3.63, 3.8) is 0 Å². The van der Waals surface area contributed by atoms with Gasteiger partial charge in [0.2, 0.25) is 0 Å². The molecule has 1 aromatic carbocycles. The maximum Gasteiger partial charge on any atom is 0.0729 e. The van der Waals surface area contributed by atoms with Crippen molar-refractivity contribution in [3.05, 3.63) is 51.7 Å². The minimum Gasteiger partial charge on any atom is -0.271 e. The molecule has 0 radical (unpaired) electrons. The average molecular weight is 264 g/mol. The lowest BCUT2D eigenvalue weighted by Gasteiger charge is -2.18. The number of hydrogen-bond acceptors (Lipinski definition) is 4. The number of nitrogens with two attached hydrogens (primary N) is 1. The zero-order valence-electron chi connectivity index (χ0n) is 9.94. The molecule has 2 aromatic rings. The molecule has 0 aliphatic carbocycles.